The summed E-state index contributed by atoms with van der Waals surface area (Å²) in [7, 11) is 3.25. The zero-order valence-corrected chi connectivity index (χ0v) is 20.0. The minimum absolute atomic E-state index is 0.0906. The van der Waals surface area contributed by atoms with Gasteiger partial charge < -0.3 is 23.5 Å². The highest BCUT2D eigenvalue weighted by molar-refractivity contribution is 5.91. The van der Waals surface area contributed by atoms with Gasteiger partial charge in [0.05, 0.1) is 33.1 Å². The lowest BCUT2D eigenvalue weighted by Crippen LogP contribution is -2.50. The smallest absolute Gasteiger partial charge is 0.289 e. The highest BCUT2D eigenvalue weighted by atomic mass is 16.5. The van der Waals surface area contributed by atoms with Gasteiger partial charge in [0.2, 0.25) is 0 Å². The molecule has 0 unspecified atom stereocenters. The minimum Gasteiger partial charge on any atom is -0.493 e. The Bertz CT molecular complexity index is 1120. The molecule has 0 saturated carbocycles. The second-order valence-corrected chi connectivity index (χ2v) is 8.64. The molecule has 2 saturated heterocycles. The second kappa shape index (κ2) is 10.4. The second-order valence-electron chi connectivity index (χ2n) is 8.64. The zero-order chi connectivity index (χ0) is 24.2. The fourth-order valence-corrected chi connectivity index (χ4v) is 4.88. The lowest BCUT2D eigenvalue weighted by atomic mass is 10.0. The number of ether oxygens (including phenoxy) is 3. The average molecular weight is 483 g/mol. The van der Waals surface area contributed by atoms with E-state index in [1.54, 1.807) is 26.4 Å². The molecule has 0 N–H and O–H groups in total. The summed E-state index contributed by atoms with van der Waals surface area (Å²) in [5.74, 6) is 2.23. The number of para-hydroxylation sites is 1. The van der Waals surface area contributed by atoms with E-state index in [0.29, 0.717) is 55.8 Å². The van der Waals surface area contributed by atoms with Gasteiger partial charge in [-0.2, -0.15) is 0 Å². The molecule has 186 valence electrons. The summed E-state index contributed by atoms with van der Waals surface area (Å²) < 4.78 is 24.3. The van der Waals surface area contributed by atoms with Crippen molar-refractivity contribution in [1.82, 2.24) is 30.0 Å². The quantitative estimate of drug-likeness (QED) is 0.476. The van der Waals surface area contributed by atoms with Crippen molar-refractivity contribution >= 4 is 5.91 Å². The van der Waals surface area contributed by atoms with Gasteiger partial charge in [-0.3, -0.25) is 9.69 Å². The van der Waals surface area contributed by atoms with Gasteiger partial charge in [0.1, 0.15) is 6.04 Å². The third-order valence-corrected chi connectivity index (χ3v) is 6.63. The molecule has 5 rings (SSSR count). The number of carbonyl (C=O) groups excluding carboxylic acids is 1. The van der Waals surface area contributed by atoms with Crippen LogP contribution < -0.4 is 9.47 Å². The molecular weight excluding hydrogens is 452 g/mol. The van der Waals surface area contributed by atoms with Crippen LogP contribution in [-0.4, -0.2) is 89.0 Å². The van der Waals surface area contributed by atoms with Crippen molar-refractivity contribution in [2.45, 2.75) is 31.5 Å². The van der Waals surface area contributed by atoms with Crippen molar-refractivity contribution in [2.24, 2.45) is 0 Å². The standard InChI is InChI=1S/C24H30N6O5/c1-32-19-8-3-7-18(22(19)33-2)21(23-25-26-27-30(23)16-17-6-4-14-34-17)28-10-12-29(13-11-28)24(31)20-9-5-15-35-20/h3,5,7-9,15,17,21H,4,6,10-14,16H2,1-2H3/t17-,21-/m0/s1. The van der Waals surface area contributed by atoms with E-state index in [0.717, 1.165) is 25.0 Å². The first kappa shape index (κ1) is 23.3. The van der Waals surface area contributed by atoms with Gasteiger partial charge in [0.15, 0.2) is 23.1 Å². The van der Waals surface area contributed by atoms with Crippen molar-refractivity contribution in [3.8, 4) is 11.5 Å². The maximum atomic E-state index is 12.8. The molecule has 11 heteroatoms. The Kier molecular flexibility index (Phi) is 6.96. The lowest BCUT2D eigenvalue weighted by molar-refractivity contribution is 0.0549. The number of amides is 1. The maximum absolute atomic E-state index is 12.8. The fraction of sp³-hybridized carbons (Fsp3) is 0.500. The summed E-state index contributed by atoms with van der Waals surface area (Å²) in [6, 6.07) is 8.94. The van der Waals surface area contributed by atoms with Crippen LogP contribution in [0.3, 0.4) is 0 Å². The van der Waals surface area contributed by atoms with Gasteiger partial charge in [0, 0.05) is 38.3 Å². The van der Waals surface area contributed by atoms with Crippen molar-refractivity contribution in [2.75, 3.05) is 47.0 Å². The number of tetrazole rings is 1. The van der Waals surface area contributed by atoms with Gasteiger partial charge in [-0.05, 0) is 41.5 Å². The number of hydrogen-bond donors (Lipinski definition) is 0. The Morgan fingerprint density at radius 2 is 2.00 bits per heavy atom. The van der Waals surface area contributed by atoms with Crippen LogP contribution in [0.2, 0.25) is 0 Å². The van der Waals surface area contributed by atoms with Gasteiger partial charge in [-0.25, -0.2) is 4.68 Å². The molecule has 1 aromatic carbocycles. The Labute approximate surface area is 203 Å². The first-order valence-corrected chi connectivity index (χ1v) is 11.8. The zero-order valence-electron chi connectivity index (χ0n) is 20.0. The van der Waals surface area contributed by atoms with E-state index in [-0.39, 0.29) is 18.1 Å². The summed E-state index contributed by atoms with van der Waals surface area (Å²) in [6.45, 7) is 3.71. The predicted octanol–water partition coefficient (Wildman–Crippen LogP) is 2.01. The highest BCUT2D eigenvalue weighted by Crippen LogP contribution is 2.40. The molecule has 11 nitrogen and oxygen atoms in total. The van der Waals surface area contributed by atoms with Crippen LogP contribution in [0.1, 0.15) is 40.8 Å². The van der Waals surface area contributed by atoms with Crippen LogP contribution >= 0.6 is 0 Å². The fourth-order valence-electron chi connectivity index (χ4n) is 4.88. The van der Waals surface area contributed by atoms with E-state index >= 15 is 0 Å². The van der Waals surface area contributed by atoms with E-state index in [9.17, 15) is 4.79 Å². The summed E-state index contributed by atoms with van der Waals surface area (Å²) in [6.07, 6.45) is 3.64. The van der Waals surface area contributed by atoms with Gasteiger partial charge in [-0.15, -0.1) is 5.10 Å². The first-order chi connectivity index (χ1) is 17.2. The minimum atomic E-state index is -0.294. The molecule has 0 spiro atoms. The number of nitrogens with zero attached hydrogens (tertiary/aromatic N) is 6. The molecule has 2 aliphatic heterocycles. The van der Waals surface area contributed by atoms with E-state index in [4.69, 9.17) is 18.6 Å². The third kappa shape index (κ3) is 4.73. The van der Waals surface area contributed by atoms with Crippen molar-refractivity contribution in [3.05, 3.63) is 53.7 Å². The van der Waals surface area contributed by atoms with E-state index in [1.165, 1.54) is 6.26 Å². The number of carbonyl (C=O) groups is 1. The van der Waals surface area contributed by atoms with Crippen LogP contribution in [0, 0.1) is 0 Å². The van der Waals surface area contributed by atoms with Crippen LogP contribution in [-0.2, 0) is 11.3 Å². The van der Waals surface area contributed by atoms with Crippen molar-refractivity contribution in [3.63, 3.8) is 0 Å². The molecule has 2 atom stereocenters. The normalized spacial score (nSPS) is 19.6. The molecule has 3 aromatic rings. The van der Waals surface area contributed by atoms with Crippen LogP contribution in [0.5, 0.6) is 11.5 Å². The number of benzene rings is 1. The number of hydrogen-bond acceptors (Lipinski definition) is 9. The molecular formula is C24H30N6O5. The molecule has 2 aliphatic rings. The monoisotopic (exact) mass is 482 g/mol. The molecule has 2 aromatic heterocycles. The molecule has 1 amide bonds. The Hall–Kier alpha value is -3.44. The summed E-state index contributed by atoms with van der Waals surface area (Å²) in [5, 5.41) is 12.8. The van der Waals surface area contributed by atoms with Gasteiger partial charge in [-0.1, -0.05) is 12.1 Å². The lowest BCUT2D eigenvalue weighted by Gasteiger charge is -2.39. The predicted molar refractivity (Wildman–Crippen MR) is 124 cm³/mol. The van der Waals surface area contributed by atoms with Gasteiger partial charge in [0.25, 0.3) is 5.91 Å². The summed E-state index contributed by atoms with van der Waals surface area (Å²) in [5.41, 5.74) is 0.904. The van der Waals surface area contributed by atoms with E-state index < -0.39 is 0 Å². The number of furan rings is 1. The van der Waals surface area contributed by atoms with Crippen LogP contribution in [0.25, 0.3) is 0 Å². The molecule has 0 aliphatic carbocycles. The third-order valence-electron chi connectivity index (χ3n) is 6.63. The highest BCUT2D eigenvalue weighted by Gasteiger charge is 2.35. The Balaban J connectivity index is 1.45. The maximum Gasteiger partial charge on any atom is 0.289 e. The van der Waals surface area contributed by atoms with Crippen LogP contribution in [0.4, 0.5) is 0 Å². The van der Waals surface area contributed by atoms with Gasteiger partial charge >= 0.3 is 0 Å². The summed E-state index contributed by atoms with van der Waals surface area (Å²) in [4.78, 5) is 16.9. The average Bonchev–Trinajstić information content (AvgIpc) is 3.68. The molecule has 4 heterocycles. The Morgan fingerprint density at radius 1 is 1.14 bits per heavy atom. The Morgan fingerprint density at radius 3 is 2.69 bits per heavy atom. The topological polar surface area (TPSA) is 108 Å². The molecule has 2 fully saturated rings. The number of aromatic nitrogens is 4. The largest absolute Gasteiger partial charge is 0.493 e. The summed E-state index contributed by atoms with van der Waals surface area (Å²) >= 11 is 0. The van der Waals surface area contributed by atoms with E-state index in [2.05, 4.69) is 20.4 Å². The number of rotatable bonds is 8. The van der Waals surface area contributed by atoms with Crippen LogP contribution in [0.15, 0.2) is 41.0 Å². The number of piperazine rings is 1. The molecule has 0 radical (unpaired) electrons. The molecule has 35 heavy (non-hydrogen) atoms. The molecule has 0 bridgehead atoms. The number of methoxy groups -OCH3 is 2. The first-order valence-electron chi connectivity index (χ1n) is 11.8. The van der Waals surface area contributed by atoms with Crippen molar-refractivity contribution in [1.29, 1.82) is 0 Å². The van der Waals surface area contributed by atoms with Crippen molar-refractivity contribution < 1.29 is 23.4 Å². The van der Waals surface area contributed by atoms with E-state index in [1.807, 2.05) is 27.8 Å². The SMILES string of the molecule is COc1cccc([C@@H](c2nnnn2C[C@@H]2CCCO2)N2CCN(C(=O)c3ccco3)CC2)c1OC.